The fourth-order valence-corrected chi connectivity index (χ4v) is 2.30. The highest BCUT2D eigenvalue weighted by Gasteiger charge is 2.29. The number of nitrogens with two attached hydrogens (primary N) is 1. The van der Waals surface area contributed by atoms with Crippen molar-refractivity contribution in [3.63, 3.8) is 0 Å². The zero-order valence-corrected chi connectivity index (χ0v) is 12.3. The summed E-state index contributed by atoms with van der Waals surface area (Å²) in [5.41, 5.74) is 5.22. The summed E-state index contributed by atoms with van der Waals surface area (Å²) in [5, 5.41) is 11.1. The Kier molecular flexibility index (Phi) is 4.04. The molecule has 2 aromatic rings. The van der Waals surface area contributed by atoms with Gasteiger partial charge in [0, 0.05) is 11.8 Å². The zero-order valence-electron chi connectivity index (χ0n) is 12.3. The molecule has 112 valence electrons. The van der Waals surface area contributed by atoms with Gasteiger partial charge in [0.25, 0.3) is 0 Å². The smallest absolute Gasteiger partial charge is 0.323 e. The van der Waals surface area contributed by atoms with Crippen LogP contribution in [0.5, 0.6) is 11.5 Å². The largest absolute Gasteiger partial charge is 0.496 e. The number of hydrogen-bond acceptors (Lipinski definition) is 4. The fraction of sp³-hybridized carbons (Fsp3) is 0.312. The average Bonchev–Trinajstić information content (AvgIpc) is 2.45. The fourth-order valence-electron chi connectivity index (χ4n) is 2.30. The highest BCUT2D eigenvalue weighted by Crippen LogP contribution is 2.33. The summed E-state index contributed by atoms with van der Waals surface area (Å²) in [6, 6.07) is 9.44. The zero-order chi connectivity index (χ0) is 15.6. The van der Waals surface area contributed by atoms with Gasteiger partial charge in [-0.15, -0.1) is 0 Å². The first-order valence-electron chi connectivity index (χ1n) is 6.55. The predicted octanol–water partition coefficient (Wildman–Crippen LogP) is 2.20. The number of hydrogen-bond donors (Lipinski definition) is 2. The Hall–Kier alpha value is -2.27. The van der Waals surface area contributed by atoms with E-state index >= 15 is 0 Å². The molecule has 5 nitrogen and oxygen atoms in total. The summed E-state index contributed by atoms with van der Waals surface area (Å²) >= 11 is 0. The third kappa shape index (κ3) is 2.92. The summed E-state index contributed by atoms with van der Waals surface area (Å²) in [6.45, 7) is 1.49. The third-order valence-electron chi connectivity index (χ3n) is 3.51. The second-order valence-electron chi connectivity index (χ2n) is 5.24. The Morgan fingerprint density at radius 2 is 1.90 bits per heavy atom. The number of benzene rings is 2. The Balaban J connectivity index is 2.59. The number of aliphatic carboxylic acids is 1. The predicted molar refractivity (Wildman–Crippen MR) is 81.0 cm³/mol. The third-order valence-corrected chi connectivity index (χ3v) is 3.51. The second kappa shape index (κ2) is 5.61. The molecule has 21 heavy (non-hydrogen) atoms. The normalized spacial score (nSPS) is 13.7. The maximum atomic E-state index is 11.2. The van der Waals surface area contributed by atoms with Crippen LogP contribution in [0.15, 0.2) is 30.3 Å². The van der Waals surface area contributed by atoms with Gasteiger partial charge < -0.3 is 20.3 Å². The Bertz CT molecular complexity index is 679. The van der Waals surface area contributed by atoms with E-state index in [9.17, 15) is 9.90 Å². The minimum absolute atomic E-state index is 0.166. The molecule has 0 spiro atoms. The Labute approximate surface area is 123 Å². The van der Waals surface area contributed by atoms with Gasteiger partial charge in [-0.3, -0.25) is 4.79 Å². The molecule has 0 saturated carbocycles. The van der Waals surface area contributed by atoms with E-state index in [1.165, 1.54) is 6.92 Å². The first-order chi connectivity index (χ1) is 9.89. The summed E-state index contributed by atoms with van der Waals surface area (Å²) < 4.78 is 10.7. The number of fused-ring (bicyclic) bond motifs is 1. The van der Waals surface area contributed by atoms with E-state index < -0.39 is 11.5 Å². The summed E-state index contributed by atoms with van der Waals surface area (Å²) in [7, 11) is 3.16. The molecule has 2 aromatic carbocycles. The first kappa shape index (κ1) is 15.1. The molecular weight excluding hydrogens is 270 g/mol. The van der Waals surface area contributed by atoms with Crippen LogP contribution in [0.2, 0.25) is 0 Å². The molecule has 0 aliphatic rings. The van der Waals surface area contributed by atoms with Gasteiger partial charge in [-0.25, -0.2) is 0 Å². The number of carbonyl (C=O) groups is 1. The van der Waals surface area contributed by atoms with Gasteiger partial charge in [-0.1, -0.05) is 12.1 Å². The monoisotopic (exact) mass is 289 g/mol. The van der Waals surface area contributed by atoms with Crippen LogP contribution >= 0.6 is 0 Å². The van der Waals surface area contributed by atoms with Crippen LogP contribution in [0.4, 0.5) is 0 Å². The van der Waals surface area contributed by atoms with Gasteiger partial charge in [0.05, 0.1) is 14.2 Å². The topological polar surface area (TPSA) is 81.8 Å². The number of carboxylic acids is 1. The van der Waals surface area contributed by atoms with Crippen molar-refractivity contribution in [1.29, 1.82) is 0 Å². The highest BCUT2D eigenvalue weighted by molar-refractivity contribution is 5.90. The van der Waals surface area contributed by atoms with E-state index in [0.29, 0.717) is 5.75 Å². The van der Waals surface area contributed by atoms with Crippen LogP contribution in [0.25, 0.3) is 10.8 Å². The molecular formula is C16H19NO4. The lowest BCUT2D eigenvalue weighted by Gasteiger charge is -2.21. The van der Waals surface area contributed by atoms with Crippen LogP contribution in [-0.2, 0) is 11.2 Å². The van der Waals surface area contributed by atoms with Crippen molar-refractivity contribution >= 4 is 16.7 Å². The molecule has 2 rings (SSSR count). The summed E-state index contributed by atoms with van der Waals surface area (Å²) in [4.78, 5) is 11.2. The lowest BCUT2D eigenvalue weighted by Crippen LogP contribution is -2.46. The molecule has 0 fully saturated rings. The lowest BCUT2D eigenvalue weighted by molar-refractivity contribution is -0.142. The molecule has 0 saturated heterocycles. The molecule has 1 unspecified atom stereocenters. The number of carboxylic acid groups (broad SMARTS) is 1. The van der Waals surface area contributed by atoms with Crippen molar-refractivity contribution < 1.29 is 19.4 Å². The Morgan fingerprint density at radius 1 is 1.24 bits per heavy atom. The summed E-state index contributed by atoms with van der Waals surface area (Å²) in [5.74, 6) is 0.295. The Morgan fingerprint density at radius 3 is 2.48 bits per heavy atom. The molecule has 0 heterocycles. The number of methoxy groups -OCH3 is 2. The minimum atomic E-state index is -1.36. The van der Waals surface area contributed by atoms with E-state index in [1.807, 2.05) is 30.3 Å². The second-order valence-corrected chi connectivity index (χ2v) is 5.24. The van der Waals surface area contributed by atoms with Crippen LogP contribution in [0.1, 0.15) is 12.5 Å². The van der Waals surface area contributed by atoms with Crippen LogP contribution < -0.4 is 15.2 Å². The van der Waals surface area contributed by atoms with Gasteiger partial charge in [0.1, 0.15) is 17.0 Å². The molecule has 0 aliphatic heterocycles. The van der Waals surface area contributed by atoms with Gasteiger partial charge in [-0.2, -0.15) is 0 Å². The first-order valence-corrected chi connectivity index (χ1v) is 6.55. The van der Waals surface area contributed by atoms with Crippen LogP contribution in [-0.4, -0.2) is 30.8 Å². The molecule has 0 bridgehead atoms. The van der Waals surface area contributed by atoms with Crippen molar-refractivity contribution in [2.75, 3.05) is 14.2 Å². The average molecular weight is 289 g/mol. The van der Waals surface area contributed by atoms with Crippen LogP contribution in [0, 0.1) is 0 Å². The minimum Gasteiger partial charge on any atom is -0.496 e. The summed E-state index contributed by atoms with van der Waals surface area (Å²) in [6.07, 6.45) is 0.166. The van der Waals surface area contributed by atoms with Gasteiger partial charge in [0.2, 0.25) is 0 Å². The molecule has 5 heteroatoms. The standard InChI is InChI=1S/C16H19NO4/c1-16(17,15(18)19)9-11-7-12-10(8-14(11)21-3)5-4-6-13(12)20-2/h4-8H,9,17H2,1-3H3,(H,18,19). The molecule has 3 N–H and O–H groups in total. The molecule has 0 amide bonds. The van der Waals surface area contributed by atoms with E-state index in [0.717, 1.165) is 22.1 Å². The maximum Gasteiger partial charge on any atom is 0.323 e. The van der Waals surface area contributed by atoms with Crippen molar-refractivity contribution in [2.24, 2.45) is 5.73 Å². The quantitative estimate of drug-likeness (QED) is 0.882. The van der Waals surface area contributed by atoms with E-state index in [-0.39, 0.29) is 6.42 Å². The molecule has 0 radical (unpaired) electrons. The van der Waals surface area contributed by atoms with E-state index in [1.54, 1.807) is 14.2 Å². The molecule has 0 aliphatic carbocycles. The van der Waals surface area contributed by atoms with Gasteiger partial charge >= 0.3 is 5.97 Å². The van der Waals surface area contributed by atoms with Crippen molar-refractivity contribution in [3.05, 3.63) is 35.9 Å². The lowest BCUT2D eigenvalue weighted by atomic mass is 9.92. The van der Waals surface area contributed by atoms with Gasteiger partial charge in [-0.05, 0) is 36.1 Å². The van der Waals surface area contributed by atoms with Crippen molar-refractivity contribution in [2.45, 2.75) is 18.9 Å². The highest BCUT2D eigenvalue weighted by atomic mass is 16.5. The van der Waals surface area contributed by atoms with Crippen molar-refractivity contribution in [3.8, 4) is 11.5 Å². The molecule has 0 aromatic heterocycles. The van der Waals surface area contributed by atoms with E-state index in [2.05, 4.69) is 0 Å². The molecule has 1 atom stereocenters. The van der Waals surface area contributed by atoms with Crippen molar-refractivity contribution in [1.82, 2.24) is 0 Å². The van der Waals surface area contributed by atoms with Crippen LogP contribution in [0.3, 0.4) is 0 Å². The van der Waals surface area contributed by atoms with E-state index in [4.69, 9.17) is 15.2 Å². The SMILES string of the molecule is COc1cc2cccc(OC)c2cc1CC(C)(N)C(=O)O. The number of ether oxygens (including phenoxy) is 2. The maximum absolute atomic E-state index is 11.2. The van der Waals surface area contributed by atoms with Gasteiger partial charge in [0.15, 0.2) is 0 Å². The number of rotatable bonds is 5.